The van der Waals surface area contributed by atoms with Gasteiger partial charge in [0.1, 0.15) is 5.82 Å². The molecular weight excluding hydrogens is 446 g/mol. The minimum atomic E-state index is -0.247. The fourth-order valence-corrected chi connectivity index (χ4v) is 3.53. The maximum Gasteiger partial charge on any atom is 0.194 e. The van der Waals surface area contributed by atoms with Crippen molar-refractivity contribution in [2.75, 3.05) is 37.6 Å². The molecular formula is C19H30FIN4O. The number of benzene rings is 1. The number of likely N-dealkylation sites (tertiary alicyclic amines) is 1. The first-order valence-corrected chi connectivity index (χ1v) is 9.42. The van der Waals surface area contributed by atoms with Gasteiger partial charge >= 0.3 is 0 Å². The predicted molar refractivity (Wildman–Crippen MR) is 115 cm³/mol. The summed E-state index contributed by atoms with van der Waals surface area (Å²) in [6.07, 6.45) is 3.57. The Kier molecular flexibility index (Phi) is 8.40. The Bertz CT molecular complexity index is 599. The van der Waals surface area contributed by atoms with Crippen LogP contribution in [0.2, 0.25) is 0 Å². The molecule has 0 amide bonds. The highest BCUT2D eigenvalue weighted by molar-refractivity contribution is 14.0. The first-order valence-electron chi connectivity index (χ1n) is 9.42. The normalized spacial score (nSPS) is 18.8. The van der Waals surface area contributed by atoms with Gasteiger partial charge in [-0.1, -0.05) is 6.07 Å². The van der Waals surface area contributed by atoms with E-state index in [0.29, 0.717) is 38.2 Å². The number of anilines is 1. The molecule has 0 unspecified atom stereocenters. The van der Waals surface area contributed by atoms with Crippen molar-refractivity contribution < 1.29 is 9.50 Å². The van der Waals surface area contributed by atoms with Crippen LogP contribution in [-0.2, 0) is 6.54 Å². The number of halogens is 2. The Morgan fingerprint density at radius 2 is 1.92 bits per heavy atom. The van der Waals surface area contributed by atoms with Gasteiger partial charge in [0.2, 0.25) is 0 Å². The summed E-state index contributed by atoms with van der Waals surface area (Å²) < 4.78 is 14.5. The van der Waals surface area contributed by atoms with Crippen molar-refractivity contribution in [3.8, 4) is 0 Å². The summed E-state index contributed by atoms with van der Waals surface area (Å²) in [4.78, 5) is 8.97. The zero-order valence-corrected chi connectivity index (χ0v) is 17.8. The van der Waals surface area contributed by atoms with Crippen LogP contribution < -0.4 is 10.2 Å². The molecule has 0 bridgehead atoms. The molecule has 1 aromatic carbocycles. The van der Waals surface area contributed by atoms with Crippen LogP contribution in [0.15, 0.2) is 23.2 Å². The maximum absolute atomic E-state index is 14.5. The fourth-order valence-electron chi connectivity index (χ4n) is 3.53. The molecule has 2 aliphatic rings. The van der Waals surface area contributed by atoms with Crippen LogP contribution in [0.25, 0.3) is 0 Å². The Balaban J connectivity index is 0.00000243. The summed E-state index contributed by atoms with van der Waals surface area (Å²) in [5, 5.41) is 12.9. The van der Waals surface area contributed by atoms with Crippen LogP contribution in [0.5, 0.6) is 0 Å². The van der Waals surface area contributed by atoms with Gasteiger partial charge in [-0.2, -0.15) is 0 Å². The van der Waals surface area contributed by atoms with Crippen molar-refractivity contribution in [3.05, 3.63) is 29.6 Å². The molecule has 2 N–H and O–H groups in total. The van der Waals surface area contributed by atoms with Crippen LogP contribution in [0.4, 0.5) is 10.1 Å². The number of aliphatic hydroxyl groups excluding tert-OH is 1. The lowest BCUT2D eigenvalue weighted by Gasteiger charge is -2.31. The van der Waals surface area contributed by atoms with Crippen molar-refractivity contribution in [1.29, 1.82) is 0 Å². The molecule has 26 heavy (non-hydrogen) atoms. The second-order valence-corrected chi connectivity index (χ2v) is 6.87. The van der Waals surface area contributed by atoms with Gasteiger partial charge in [-0.25, -0.2) is 9.38 Å². The quantitative estimate of drug-likeness (QED) is 0.399. The Labute approximate surface area is 172 Å². The van der Waals surface area contributed by atoms with Gasteiger partial charge in [0, 0.05) is 32.7 Å². The third-order valence-electron chi connectivity index (χ3n) is 4.97. The molecule has 0 aliphatic carbocycles. The van der Waals surface area contributed by atoms with Gasteiger partial charge in [0.05, 0.1) is 18.3 Å². The third-order valence-corrected chi connectivity index (χ3v) is 4.97. The Morgan fingerprint density at radius 1 is 1.23 bits per heavy atom. The zero-order valence-electron chi connectivity index (χ0n) is 15.5. The van der Waals surface area contributed by atoms with E-state index in [1.165, 1.54) is 12.8 Å². The van der Waals surface area contributed by atoms with E-state index in [-0.39, 0.29) is 35.9 Å². The second kappa shape index (κ2) is 10.3. The van der Waals surface area contributed by atoms with Crippen molar-refractivity contribution in [1.82, 2.24) is 10.2 Å². The molecule has 0 atom stereocenters. The second-order valence-electron chi connectivity index (χ2n) is 6.87. The van der Waals surface area contributed by atoms with Crippen LogP contribution in [0.3, 0.4) is 0 Å². The number of guanidine groups is 1. The number of aliphatic hydroxyl groups is 1. The minimum absolute atomic E-state index is 0. The number of piperidine rings is 1. The lowest BCUT2D eigenvalue weighted by molar-refractivity contribution is 0.145. The standard InChI is InChI=1S/C19H29FN4O.HI/c1-2-21-19(24-9-3-4-10-24)22-14-15-5-6-18(17(20)13-15)23-11-7-16(25)8-12-23;/h5-6,13,16,25H,2-4,7-12,14H2,1H3,(H,21,22);1H. The van der Waals surface area contributed by atoms with Crippen molar-refractivity contribution in [2.24, 2.45) is 4.99 Å². The number of nitrogens with zero attached hydrogens (tertiary/aromatic N) is 3. The lowest BCUT2D eigenvalue weighted by atomic mass is 10.1. The summed E-state index contributed by atoms with van der Waals surface area (Å²) in [6, 6.07) is 5.40. The average molecular weight is 476 g/mol. The molecule has 0 saturated carbocycles. The zero-order chi connectivity index (χ0) is 17.6. The van der Waals surface area contributed by atoms with Crippen LogP contribution in [-0.4, -0.2) is 54.8 Å². The SMILES string of the molecule is CCNC(=NCc1ccc(N2CCC(O)CC2)c(F)c1)N1CCCC1.I. The van der Waals surface area contributed by atoms with Crippen LogP contribution >= 0.6 is 24.0 Å². The molecule has 0 aromatic heterocycles. The van der Waals surface area contributed by atoms with Gasteiger partial charge in [-0.05, 0) is 50.3 Å². The van der Waals surface area contributed by atoms with Gasteiger partial charge in [0.25, 0.3) is 0 Å². The Hall–Kier alpha value is -1.09. The highest BCUT2D eigenvalue weighted by Crippen LogP contribution is 2.24. The molecule has 2 saturated heterocycles. The molecule has 2 heterocycles. The third kappa shape index (κ3) is 5.45. The number of hydrogen-bond acceptors (Lipinski definition) is 3. The smallest absolute Gasteiger partial charge is 0.194 e. The summed E-state index contributed by atoms with van der Waals surface area (Å²) in [6.45, 7) is 6.87. The maximum atomic E-state index is 14.5. The van der Waals surface area contributed by atoms with E-state index < -0.39 is 0 Å². The van der Waals surface area contributed by atoms with E-state index in [1.54, 1.807) is 6.07 Å². The molecule has 2 aliphatic heterocycles. The Morgan fingerprint density at radius 3 is 2.54 bits per heavy atom. The molecule has 3 rings (SSSR count). The summed E-state index contributed by atoms with van der Waals surface area (Å²) >= 11 is 0. The van der Waals surface area contributed by atoms with Gasteiger partial charge in [-0.3, -0.25) is 0 Å². The minimum Gasteiger partial charge on any atom is -0.393 e. The largest absolute Gasteiger partial charge is 0.393 e. The topological polar surface area (TPSA) is 51.1 Å². The predicted octanol–water partition coefficient (Wildman–Crippen LogP) is 2.97. The monoisotopic (exact) mass is 476 g/mol. The molecule has 7 heteroatoms. The van der Waals surface area contributed by atoms with E-state index in [2.05, 4.69) is 22.1 Å². The van der Waals surface area contributed by atoms with E-state index in [1.807, 2.05) is 17.0 Å². The fraction of sp³-hybridized carbons (Fsp3) is 0.632. The molecule has 1 aromatic rings. The van der Waals surface area contributed by atoms with Crippen LogP contribution in [0, 0.1) is 5.82 Å². The molecule has 2 fully saturated rings. The van der Waals surface area contributed by atoms with Gasteiger partial charge in [-0.15, -0.1) is 24.0 Å². The van der Waals surface area contributed by atoms with E-state index in [9.17, 15) is 9.50 Å². The summed E-state index contributed by atoms with van der Waals surface area (Å²) in [5.74, 6) is 0.727. The van der Waals surface area contributed by atoms with Crippen molar-refractivity contribution in [2.45, 2.75) is 45.3 Å². The van der Waals surface area contributed by atoms with Crippen molar-refractivity contribution >= 4 is 35.6 Å². The highest BCUT2D eigenvalue weighted by Gasteiger charge is 2.20. The van der Waals surface area contributed by atoms with E-state index in [4.69, 9.17) is 0 Å². The molecule has 5 nitrogen and oxygen atoms in total. The number of aliphatic imine (C=N–C) groups is 1. The first kappa shape index (κ1) is 21.2. The number of rotatable bonds is 4. The first-order chi connectivity index (χ1) is 12.2. The summed E-state index contributed by atoms with van der Waals surface area (Å²) in [5.41, 5.74) is 1.51. The molecule has 146 valence electrons. The van der Waals surface area contributed by atoms with Crippen molar-refractivity contribution in [3.63, 3.8) is 0 Å². The number of hydrogen-bond donors (Lipinski definition) is 2. The summed E-state index contributed by atoms with van der Waals surface area (Å²) in [7, 11) is 0. The van der Waals surface area contributed by atoms with Crippen LogP contribution in [0.1, 0.15) is 38.2 Å². The lowest BCUT2D eigenvalue weighted by Crippen LogP contribution is -2.39. The van der Waals surface area contributed by atoms with E-state index in [0.717, 1.165) is 31.2 Å². The van der Waals surface area contributed by atoms with E-state index >= 15 is 0 Å². The number of nitrogens with one attached hydrogen (secondary N) is 1. The van der Waals surface area contributed by atoms with Gasteiger partial charge < -0.3 is 20.2 Å². The molecule has 0 spiro atoms. The van der Waals surface area contributed by atoms with Gasteiger partial charge in [0.15, 0.2) is 5.96 Å². The molecule has 0 radical (unpaired) electrons. The highest BCUT2D eigenvalue weighted by atomic mass is 127. The average Bonchev–Trinajstić information content (AvgIpc) is 3.14.